The lowest BCUT2D eigenvalue weighted by atomic mass is 9.93. The molecule has 2 aliphatic carbocycles. The Morgan fingerprint density at radius 2 is 1.79 bits per heavy atom. The first-order chi connectivity index (χ1) is 9.42. The molecular formula is C16H25N3. The van der Waals surface area contributed by atoms with E-state index in [9.17, 15) is 0 Å². The zero-order valence-electron chi connectivity index (χ0n) is 11.7. The third kappa shape index (κ3) is 2.58. The summed E-state index contributed by atoms with van der Waals surface area (Å²) in [5.41, 5.74) is 1.51. The molecule has 19 heavy (non-hydrogen) atoms. The second-order valence-electron chi connectivity index (χ2n) is 6.83. The molecule has 1 saturated heterocycles. The molecule has 0 aromatic carbocycles. The number of piperidine rings is 1. The lowest BCUT2D eigenvalue weighted by Gasteiger charge is -2.25. The van der Waals surface area contributed by atoms with Crippen LogP contribution in [0.2, 0.25) is 0 Å². The minimum Gasteiger partial charge on any atom is -0.334 e. The molecule has 2 heterocycles. The maximum Gasteiger partial charge on any atom is 0.0948 e. The monoisotopic (exact) mass is 259 g/mol. The van der Waals surface area contributed by atoms with Crippen LogP contribution in [0.3, 0.4) is 0 Å². The zero-order valence-corrected chi connectivity index (χ0v) is 11.7. The zero-order chi connectivity index (χ0) is 12.7. The molecule has 0 spiro atoms. The van der Waals surface area contributed by atoms with Crippen LogP contribution in [-0.2, 0) is 6.54 Å². The Morgan fingerprint density at radius 1 is 1.11 bits per heavy atom. The summed E-state index contributed by atoms with van der Waals surface area (Å²) in [6.45, 7) is 3.59. The molecule has 1 N–H and O–H groups in total. The summed E-state index contributed by atoms with van der Waals surface area (Å²) in [7, 11) is 0. The van der Waals surface area contributed by atoms with Crippen molar-refractivity contribution in [2.75, 3.05) is 13.1 Å². The van der Waals surface area contributed by atoms with E-state index >= 15 is 0 Å². The number of hydrogen-bond donors (Lipinski definition) is 1. The van der Waals surface area contributed by atoms with Crippen molar-refractivity contribution in [2.45, 2.75) is 51.0 Å². The number of nitrogens with zero attached hydrogens (tertiary/aromatic N) is 2. The van der Waals surface area contributed by atoms with Crippen molar-refractivity contribution in [3.05, 3.63) is 18.2 Å². The molecule has 0 atom stereocenters. The van der Waals surface area contributed by atoms with E-state index in [1.165, 1.54) is 63.9 Å². The Balaban J connectivity index is 1.49. The van der Waals surface area contributed by atoms with E-state index in [0.717, 1.165) is 23.7 Å². The van der Waals surface area contributed by atoms with Gasteiger partial charge in [-0.2, -0.15) is 0 Å². The van der Waals surface area contributed by atoms with Crippen LogP contribution >= 0.6 is 0 Å². The third-order valence-corrected chi connectivity index (χ3v) is 5.36. The molecule has 1 aromatic heterocycles. The average Bonchev–Trinajstić information content (AvgIpc) is 3.37. The van der Waals surface area contributed by atoms with Gasteiger partial charge in [0.05, 0.1) is 6.33 Å². The van der Waals surface area contributed by atoms with Crippen molar-refractivity contribution >= 4 is 0 Å². The van der Waals surface area contributed by atoms with Gasteiger partial charge in [-0.3, -0.25) is 0 Å². The van der Waals surface area contributed by atoms with Crippen molar-refractivity contribution in [1.82, 2.24) is 14.9 Å². The molecule has 0 unspecified atom stereocenters. The molecular weight excluding hydrogens is 234 g/mol. The van der Waals surface area contributed by atoms with E-state index in [-0.39, 0.29) is 0 Å². The van der Waals surface area contributed by atoms with Gasteiger partial charge in [-0.25, -0.2) is 4.98 Å². The van der Waals surface area contributed by atoms with Gasteiger partial charge in [-0.1, -0.05) is 0 Å². The number of imidazole rings is 1. The third-order valence-electron chi connectivity index (χ3n) is 5.36. The second kappa shape index (κ2) is 4.93. The van der Waals surface area contributed by atoms with E-state index in [0.29, 0.717) is 0 Å². The maximum atomic E-state index is 4.45. The van der Waals surface area contributed by atoms with Gasteiger partial charge >= 0.3 is 0 Å². The highest BCUT2D eigenvalue weighted by molar-refractivity contribution is 5.08. The Labute approximate surface area is 115 Å². The van der Waals surface area contributed by atoms with Crippen LogP contribution < -0.4 is 5.32 Å². The first kappa shape index (κ1) is 12.0. The summed E-state index contributed by atoms with van der Waals surface area (Å²) in [6, 6.07) is 0. The molecule has 0 bridgehead atoms. The number of rotatable bonds is 5. The average molecular weight is 259 g/mol. The molecule has 0 amide bonds. The summed E-state index contributed by atoms with van der Waals surface area (Å²) >= 11 is 0. The highest BCUT2D eigenvalue weighted by atomic mass is 15.1. The Morgan fingerprint density at radius 3 is 2.42 bits per heavy atom. The van der Waals surface area contributed by atoms with Gasteiger partial charge in [-0.05, 0) is 69.4 Å². The minimum absolute atomic E-state index is 0.739. The SMILES string of the molecule is c1ncn(CC(C2CC2)C2CC2)c1C1CCNCC1. The van der Waals surface area contributed by atoms with Gasteiger partial charge in [-0.15, -0.1) is 0 Å². The molecule has 0 radical (unpaired) electrons. The number of hydrogen-bond acceptors (Lipinski definition) is 2. The normalized spacial score (nSPS) is 25.1. The van der Waals surface area contributed by atoms with Crippen LogP contribution in [0.5, 0.6) is 0 Å². The lowest BCUT2D eigenvalue weighted by molar-refractivity contribution is 0.335. The van der Waals surface area contributed by atoms with E-state index in [1.807, 2.05) is 0 Å². The maximum absolute atomic E-state index is 4.45. The predicted octanol–water partition coefficient (Wildman–Crippen LogP) is 2.79. The van der Waals surface area contributed by atoms with Crippen molar-refractivity contribution in [3.63, 3.8) is 0 Å². The fourth-order valence-corrected chi connectivity index (χ4v) is 3.90. The van der Waals surface area contributed by atoms with Crippen molar-refractivity contribution in [3.8, 4) is 0 Å². The lowest BCUT2D eigenvalue weighted by Crippen LogP contribution is -2.28. The van der Waals surface area contributed by atoms with Gasteiger partial charge < -0.3 is 9.88 Å². The molecule has 3 heteroatoms. The van der Waals surface area contributed by atoms with Gasteiger partial charge in [0, 0.05) is 24.4 Å². The molecule has 4 rings (SSSR count). The molecule has 3 nitrogen and oxygen atoms in total. The number of aromatic nitrogens is 2. The quantitative estimate of drug-likeness (QED) is 0.881. The summed E-state index contributed by atoms with van der Waals surface area (Å²) < 4.78 is 2.50. The molecule has 1 aliphatic heterocycles. The smallest absolute Gasteiger partial charge is 0.0948 e. The molecule has 3 aliphatic rings. The van der Waals surface area contributed by atoms with E-state index in [1.54, 1.807) is 0 Å². The first-order valence-corrected chi connectivity index (χ1v) is 8.12. The molecule has 1 aromatic rings. The summed E-state index contributed by atoms with van der Waals surface area (Å²) in [4.78, 5) is 4.45. The minimum atomic E-state index is 0.739. The summed E-state index contributed by atoms with van der Waals surface area (Å²) in [5.74, 6) is 3.77. The van der Waals surface area contributed by atoms with Crippen LogP contribution in [0.15, 0.2) is 12.5 Å². The van der Waals surface area contributed by atoms with Crippen LogP contribution in [-0.4, -0.2) is 22.6 Å². The van der Waals surface area contributed by atoms with Crippen LogP contribution in [0.1, 0.15) is 50.1 Å². The molecule has 2 saturated carbocycles. The van der Waals surface area contributed by atoms with Crippen LogP contribution in [0.25, 0.3) is 0 Å². The van der Waals surface area contributed by atoms with Crippen LogP contribution in [0.4, 0.5) is 0 Å². The fourth-order valence-electron chi connectivity index (χ4n) is 3.90. The highest BCUT2D eigenvalue weighted by Gasteiger charge is 2.41. The first-order valence-electron chi connectivity index (χ1n) is 8.12. The topological polar surface area (TPSA) is 29.9 Å². The van der Waals surface area contributed by atoms with E-state index in [2.05, 4.69) is 27.4 Å². The molecule has 3 fully saturated rings. The fraction of sp³-hybridized carbons (Fsp3) is 0.812. The Kier molecular flexibility index (Phi) is 3.10. The second-order valence-corrected chi connectivity index (χ2v) is 6.83. The predicted molar refractivity (Wildman–Crippen MR) is 76.0 cm³/mol. The number of nitrogens with one attached hydrogen (secondary N) is 1. The van der Waals surface area contributed by atoms with E-state index < -0.39 is 0 Å². The van der Waals surface area contributed by atoms with Gasteiger partial charge in [0.1, 0.15) is 0 Å². The van der Waals surface area contributed by atoms with Gasteiger partial charge in [0.15, 0.2) is 0 Å². The van der Waals surface area contributed by atoms with Crippen molar-refractivity contribution in [2.24, 2.45) is 17.8 Å². The largest absolute Gasteiger partial charge is 0.334 e. The standard InChI is InChI=1S/C16H25N3/c1-2-12(1)15(13-3-4-13)10-19-11-18-9-16(19)14-5-7-17-8-6-14/h9,11-15,17H,1-8,10H2. The van der Waals surface area contributed by atoms with E-state index in [4.69, 9.17) is 0 Å². The molecule has 104 valence electrons. The van der Waals surface area contributed by atoms with Crippen LogP contribution in [0, 0.1) is 17.8 Å². The van der Waals surface area contributed by atoms with Gasteiger partial charge in [0.25, 0.3) is 0 Å². The Hall–Kier alpha value is -0.830. The Bertz CT molecular complexity index is 413. The van der Waals surface area contributed by atoms with Crippen molar-refractivity contribution < 1.29 is 0 Å². The highest BCUT2D eigenvalue weighted by Crippen LogP contribution is 2.50. The summed E-state index contributed by atoms with van der Waals surface area (Å²) in [5, 5.41) is 3.46. The van der Waals surface area contributed by atoms with Crippen molar-refractivity contribution in [1.29, 1.82) is 0 Å². The summed E-state index contributed by atoms with van der Waals surface area (Å²) in [6.07, 6.45) is 12.7. The van der Waals surface area contributed by atoms with Gasteiger partial charge in [0.2, 0.25) is 0 Å².